The van der Waals surface area contributed by atoms with Gasteiger partial charge in [-0.25, -0.2) is 18.8 Å². The molecule has 5 aromatic rings. The first kappa shape index (κ1) is 27.3. The number of amides is 1. The standard InChI is InChI=1S/C29H26ClN5O4S/c1-20-14-15-35-27(16-20)32-21(2)28(35)29(36)33-31-17-24-10-11-25(39-24)19-34(18-22-6-4-3-5-7-22)40(37,38)26-12-8-23(30)9-13-26/h3-17H,18-19H2,1-2H3,(H,33,36)/b31-17+. The maximum Gasteiger partial charge on any atom is 0.290 e. The highest BCUT2D eigenvalue weighted by Gasteiger charge is 2.26. The Morgan fingerprint density at radius 3 is 2.55 bits per heavy atom. The fourth-order valence-electron chi connectivity index (χ4n) is 4.24. The van der Waals surface area contributed by atoms with Crippen molar-refractivity contribution in [3.63, 3.8) is 0 Å². The number of furan rings is 1. The Labute approximate surface area is 236 Å². The molecule has 5 rings (SSSR count). The lowest BCUT2D eigenvalue weighted by Crippen LogP contribution is -2.30. The van der Waals surface area contributed by atoms with Crippen molar-refractivity contribution >= 4 is 39.4 Å². The van der Waals surface area contributed by atoms with E-state index in [1.54, 1.807) is 41.8 Å². The Bertz CT molecular complexity index is 1800. The molecule has 0 atom stereocenters. The van der Waals surface area contributed by atoms with Crippen LogP contribution in [0.5, 0.6) is 0 Å². The summed E-state index contributed by atoms with van der Waals surface area (Å²) in [5.74, 6) is 0.346. The molecule has 0 saturated carbocycles. The molecule has 0 fully saturated rings. The van der Waals surface area contributed by atoms with Gasteiger partial charge in [-0.3, -0.25) is 9.20 Å². The Morgan fingerprint density at radius 1 is 1.05 bits per heavy atom. The number of nitrogens with zero attached hydrogens (tertiary/aromatic N) is 4. The summed E-state index contributed by atoms with van der Waals surface area (Å²) < 4.78 is 35.9. The quantitative estimate of drug-likeness (QED) is 0.188. The van der Waals surface area contributed by atoms with Crippen molar-refractivity contribution in [2.45, 2.75) is 31.8 Å². The second-order valence-electron chi connectivity index (χ2n) is 9.19. The number of carbonyl (C=O) groups is 1. The maximum atomic E-state index is 13.5. The third-order valence-electron chi connectivity index (χ3n) is 6.20. The van der Waals surface area contributed by atoms with E-state index in [1.807, 2.05) is 49.4 Å². The lowest BCUT2D eigenvalue weighted by Gasteiger charge is -2.21. The van der Waals surface area contributed by atoms with Gasteiger partial charge in [0.1, 0.15) is 22.9 Å². The van der Waals surface area contributed by atoms with Gasteiger partial charge >= 0.3 is 0 Å². The summed E-state index contributed by atoms with van der Waals surface area (Å²) in [4.78, 5) is 17.4. The van der Waals surface area contributed by atoms with E-state index in [9.17, 15) is 13.2 Å². The number of nitrogens with one attached hydrogen (secondary N) is 1. The van der Waals surface area contributed by atoms with E-state index >= 15 is 0 Å². The van der Waals surface area contributed by atoms with E-state index in [4.69, 9.17) is 16.0 Å². The third-order valence-corrected chi connectivity index (χ3v) is 8.25. The van der Waals surface area contributed by atoms with Crippen molar-refractivity contribution in [1.82, 2.24) is 19.1 Å². The second-order valence-corrected chi connectivity index (χ2v) is 11.6. The van der Waals surface area contributed by atoms with Crippen molar-refractivity contribution in [3.8, 4) is 0 Å². The number of imidazole rings is 1. The molecule has 0 unspecified atom stereocenters. The van der Waals surface area contributed by atoms with Crippen molar-refractivity contribution in [3.05, 3.63) is 124 Å². The van der Waals surface area contributed by atoms with Gasteiger partial charge in [-0.05, 0) is 73.5 Å². The summed E-state index contributed by atoms with van der Waals surface area (Å²) in [6, 6.07) is 22.5. The van der Waals surface area contributed by atoms with Crippen molar-refractivity contribution in [2.75, 3.05) is 0 Å². The van der Waals surface area contributed by atoms with Crippen LogP contribution in [-0.2, 0) is 23.1 Å². The molecule has 0 aliphatic carbocycles. The van der Waals surface area contributed by atoms with Gasteiger partial charge in [-0.2, -0.15) is 9.41 Å². The van der Waals surface area contributed by atoms with Crippen LogP contribution < -0.4 is 5.43 Å². The number of rotatable bonds is 9. The molecule has 11 heteroatoms. The minimum absolute atomic E-state index is 0.0134. The number of pyridine rings is 1. The van der Waals surface area contributed by atoms with Crippen LogP contribution >= 0.6 is 11.6 Å². The molecule has 0 aliphatic rings. The predicted molar refractivity (Wildman–Crippen MR) is 153 cm³/mol. The predicted octanol–water partition coefficient (Wildman–Crippen LogP) is 5.35. The highest BCUT2D eigenvalue weighted by molar-refractivity contribution is 7.89. The smallest absolute Gasteiger partial charge is 0.290 e. The monoisotopic (exact) mass is 575 g/mol. The maximum absolute atomic E-state index is 13.5. The number of aromatic nitrogens is 2. The van der Waals surface area contributed by atoms with Gasteiger partial charge in [0.25, 0.3) is 5.91 Å². The van der Waals surface area contributed by atoms with Crippen LogP contribution in [0.4, 0.5) is 0 Å². The van der Waals surface area contributed by atoms with Gasteiger partial charge in [0.05, 0.1) is 23.3 Å². The van der Waals surface area contributed by atoms with E-state index in [-0.39, 0.29) is 18.0 Å². The molecule has 1 amide bonds. The Balaban J connectivity index is 1.32. The van der Waals surface area contributed by atoms with E-state index in [1.165, 1.54) is 22.7 Å². The van der Waals surface area contributed by atoms with Gasteiger partial charge in [0.2, 0.25) is 10.0 Å². The second kappa shape index (κ2) is 11.5. The van der Waals surface area contributed by atoms with Gasteiger partial charge in [-0.1, -0.05) is 41.9 Å². The van der Waals surface area contributed by atoms with Gasteiger partial charge < -0.3 is 4.42 Å². The van der Waals surface area contributed by atoms with Crippen molar-refractivity contribution in [2.24, 2.45) is 5.10 Å². The Kier molecular flexibility index (Phi) is 7.83. The number of carbonyl (C=O) groups excluding carboxylic acids is 1. The third kappa shape index (κ3) is 5.99. The summed E-state index contributed by atoms with van der Waals surface area (Å²) in [7, 11) is -3.87. The highest BCUT2D eigenvalue weighted by Crippen LogP contribution is 2.23. The Morgan fingerprint density at radius 2 is 1.80 bits per heavy atom. The minimum Gasteiger partial charge on any atom is -0.459 e. The first-order valence-corrected chi connectivity index (χ1v) is 14.2. The number of fused-ring (bicyclic) bond motifs is 1. The number of hydrogen-bond acceptors (Lipinski definition) is 6. The van der Waals surface area contributed by atoms with Crippen LogP contribution in [0.3, 0.4) is 0 Å². The summed E-state index contributed by atoms with van der Waals surface area (Å²) in [5.41, 5.74) is 6.02. The molecule has 2 aromatic carbocycles. The number of hydrogen-bond donors (Lipinski definition) is 1. The topological polar surface area (TPSA) is 109 Å². The largest absolute Gasteiger partial charge is 0.459 e. The van der Waals surface area contributed by atoms with Gasteiger partial charge in [0, 0.05) is 17.8 Å². The van der Waals surface area contributed by atoms with E-state index < -0.39 is 15.9 Å². The van der Waals surface area contributed by atoms with Crippen LogP contribution in [-0.4, -0.2) is 34.2 Å². The fourth-order valence-corrected chi connectivity index (χ4v) is 5.76. The molecule has 40 heavy (non-hydrogen) atoms. The molecule has 0 bridgehead atoms. The zero-order valence-electron chi connectivity index (χ0n) is 21.8. The van der Waals surface area contributed by atoms with Gasteiger partial charge in [-0.15, -0.1) is 0 Å². The molecular formula is C29H26ClN5O4S. The van der Waals surface area contributed by atoms with Crippen LogP contribution in [0, 0.1) is 13.8 Å². The number of hydrazone groups is 1. The van der Waals surface area contributed by atoms with Crippen molar-refractivity contribution in [1.29, 1.82) is 0 Å². The first-order valence-electron chi connectivity index (χ1n) is 12.4. The average Bonchev–Trinajstić information content (AvgIpc) is 3.51. The average molecular weight is 576 g/mol. The summed E-state index contributed by atoms with van der Waals surface area (Å²) in [6.45, 7) is 3.85. The first-order chi connectivity index (χ1) is 19.2. The molecule has 0 aliphatic heterocycles. The molecule has 9 nitrogen and oxygen atoms in total. The van der Waals surface area contributed by atoms with Crippen LogP contribution in [0.25, 0.3) is 5.65 Å². The van der Waals surface area contributed by atoms with Crippen LogP contribution in [0.15, 0.2) is 99.5 Å². The zero-order valence-corrected chi connectivity index (χ0v) is 23.4. The summed E-state index contributed by atoms with van der Waals surface area (Å²) in [5, 5.41) is 4.47. The molecule has 204 valence electrons. The summed E-state index contributed by atoms with van der Waals surface area (Å²) in [6.07, 6.45) is 3.15. The minimum atomic E-state index is -3.87. The molecule has 3 heterocycles. The molecular weight excluding hydrogens is 550 g/mol. The van der Waals surface area contributed by atoms with Crippen molar-refractivity contribution < 1.29 is 17.6 Å². The van der Waals surface area contributed by atoms with E-state index in [0.717, 1.165) is 11.1 Å². The highest BCUT2D eigenvalue weighted by atomic mass is 35.5. The molecule has 0 radical (unpaired) electrons. The van der Waals surface area contributed by atoms with Gasteiger partial charge in [0.15, 0.2) is 0 Å². The number of benzene rings is 2. The zero-order chi connectivity index (χ0) is 28.3. The molecule has 3 aromatic heterocycles. The lowest BCUT2D eigenvalue weighted by atomic mass is 10.2. The molecule has 1 N–H and O–H groups in total. The lowest BCUT2D eigenvalue weighted by molar-refractivity contribution is 0.0948. The number of halogens is 1. The van der Waals surface area contributed by atoms with Crippen LogP contribution in [0.1, 0.15) is 38.8 Å². The summed E-state index contributed by atoms with van der Waals surface area (Å²) >= 11 is 5.97. The van der Waals surface area contributed by atoms with Crippen LogP contribution in [0.2, 0.25) is 5.02 Å². The molecule has 0 saturated heterocycles. The normalized spacial score (nSPS) is 12.0. The van der Waals surface area contributed by atoms with E-state index in [2.05, 4.69) is 15.5 Å². The number of aryl methyl sites for hydroxylation is 2. The number of sulfonamides is 1. The fraction of sp³-hybridized carbons (Fsp3) is 0.138. The molecule has 0 spiro atoms. The van der Waals surface area contributed by atoms with E-state index in [0.29, 0.717) is 33.6 Å². The SMILES string of the molecule is Cc1ccn2c(C(=O)N/N=C/c3ccc(CN(Cc4ccccc4)S(=O)(=O)c4ccc(Cl)cc4)o3)c(C)nc2c1. The Hall–Kier alpha value is -4.25.